The summed E-state index contributed by atoms with van der Waals surface area (Å²) in [5.41, 5.74) is 0.487. The molecular formula is C11H10Cl2N4O2. The van der Waals surface area contributed by atoms with E-state index in [1.54, 1.807) is 12.1 Å². The summed E-state index contributed by atoms with van der Waals surface area (Å²) >= 11 is 11.9. The van der Waals surface area contributed by atoms with Crippen LogP contribution in [0.1, 0.15) is 0 Å². The standard InChI is InChI=1S/C11H10Cl2N4O2/c1-19-11-8(12)2-7(3-9(11)13)16-10(18)4-17-6-14-5-15-17/h2-3,5-6H,4H2,1H3,(H,16,18). The quantitative estimate of drug-likeness (QED) is 0.940. The van der Waals surface area contributed by atoms with Gasteiger partial charge in [0.05, 0.1) is 17.2 Å². The number of methoxy groups -OCH3 is 1. The third-order valence-corrected chi connectivity index (χ3v) is 2.82. The maximum absolute atomic E-state index is 11.7. The van der Waals surface area contributed by atoms with Gasteiger partial charge in [0.2, 0.25) is 5.91 Å². The van der Waals surface area contributed by atoms with Crippen molar-refractivity contribution in [2.75, 3.05) is 12.4 Å². The number of carbonyl (C=O) groups is 1. The van der Waals surface area contributed by atoms with Crippen molar-refractivity contribution in [2.24, 2.45) is 0 Å². The van der Waals surface area contributed by atoms with E-state index in [0.717, 1.165) is 0 Å². The molecule has 0 saturated heterocycles. The second-order valence-corrected chi connectivity index (χ2v) is 4.43. The molecule has 19 heavy (non-hydrogen) atoms. The molecule has 0 spiro atoms. The van der Waals surface area contributed by atoms with Gasteiger partial charge in [-0.2, -0.15) is 5.10 Å². The normalized spacial score (nSPS) is 10.3. The van der Waals surface area contributed by atoms with Gasteiger partial charge in [0.1, 0.15) is 19.2 Å². The summed E-state index contributed by atoms with van der Waals surface area (Å²) in [7, 11) is 1.47. The third kappa shape index (κ3) is 3.36. The van der Waals surface area contributed by atoms with Crippen LogP contribution in [0.15, 0.2) is 24.8 Å². The van der Waals surface area contributed by atoms with Gasteiger partial charge in [-0.05, 0) is 12.1 Å². The minimum absolute atomic E-state index is 0.0568. The maximum atomic E-state index is 11.7. The molecule has 0 aliphatic heterocycles. The summed E-state index contributed by atoms with van der Waals surface area (Å²) in [6.07, 6.45) is 2.81. The van der Waals surface area contributed by atoms with Gasteiger partial charge >= 0.3 is 0 Å². The number of aromatic nitrogens is 3. The highest BCUT2D eigenvalue weighted by Crippen LogP contribution is 2.35. The summed E-state index contributed by atoms with van der Waals surface area (Å²) in [6.45, 7) is 0.0568. The van der Waals surface area contributed by atoms with Gasteiger partial charge in [0.25, 0.3) is 0 Å². The van der Waals surface area contributed by atoms with Crippen molar-refractivity contribution in [2.45, 2.75) is 6.54 Å². The fraction of sp³-hybridized carbons (Fsp3) is 0.182. The molecule has 0 aliphatic carbocycles. The van der Waals surface area contributed by atoms with Gasteiger partial charge < -0.3 is 10.1 Å². The largest absolute Gasteiger partial charge is 0.494 e. The number of amides is 1. The van der Waals surface area contributed by atoms with Crippen molar-refractivity contribution in [1.82, 2.24) is 14.8 Å². The van der Waals surface area contributed by atoms with E-state index in [4.69, 9.17) is 27.9 Å². The molecule has 1 aromatic heterocycles. The summed E-state index contributed by atoms with van der Waals surface area (Å²) in [5.74, 6) is 0.111. The Bertz CT molecular complexity index is 563. The summed E-state index contributed by atoms with van der Waals surface area (Å²) in [4.78, 5) is 15.5. The zero-order chi connectivity index (χ0) is 13.8. The molecule has 0 unspecified atom stereocenters. The van der Waals surface area contributed by atoms with Crippen LogP contribution in [0.4, 0.5) is 5.69 Å². The number of benzene rings is 1. The number of anilines is 1. The van der Waals surface area contributed by atoms with Crippen LogP contribution in [-0.2, 0) is 11.3 Å². The van der Waals surface area contributed by atoms with Gasteiger partial charge in [0, 0.05) is 5.69 Å². The van der Waals surface area contributed by atoms with E-state index in [1.807, 2.05) is 0 Å². The Hall–Kier alpha value is -1.79. The molecule has 1 N–H and O–H groups in total. The molecule has 0 aliphatic rings. The van der Waals surface area contributed by atoms with Crippen LogP contribution in [-0.4, -0.2) is 27.8 Å². The number of nitrogens with one attached hydrogen (secondary N) is 1. The fourth-order valence-corrected chi connectivity index (χ4v) is 2.13. The third-order valence-electron chi connectivity index (χ3n) is 2.26. The van der Waals surface area contributed by atoms with Gasteiger partial charge in [-0.1, -0.05) is 23.2 Å². The van der Waals surface area contributed by atoms with E-state index in [-0.39, 0.29) is 12.5 Å². The Morgan fingerprint density at radius 1 is 1.42 bits per heavy atom. The van der Waals surface area contributed by atoms with Crippen LogP contribution in [0.25, 0.3) is 0 Å². The highest BCUT2D eigenvalue weighted by atomic mass is 35.5. The summed E-state index contributed by atoms with van der Waals surface area (Å²) in [5, 5.41) is 7.14. The highest BCUT2D eigenvalue weighted by Gasteiger charge is 2.10. The van der Waals surface area contributed by atoms with Gasteiger partial charge in [0.15, 0.2) is 5.75 Å². The predicted octanol–water partition coefficient (Wildman–Crippen LogP) is 2.23. The zero-order valence-electron chi connectivity index (χ0n) is 9.93. The number of halogens is 2. The van der Waals surface area contributed by atoms with E-state index >= 15 is 0 Å². The monoisotopic (exact) mass is 300 g/mol. The minimum Gasteiger partial charge on any atom is -0.494 e. The van der Waals surface area contributed by atoms with E-state index < -0.39 is 0 Å². The maximum Gasteiger partial charge on any atom is 0.246 e. The molecule has 0 saturated carbocycles. The molecule has 6 nitrogen and oxygen atoms in total. The molecule has 2 rings (SSSR count). The van der Waals surface area contributed by atoms with Crippen molar-refractivity contribution in [1.29, 1.82) is 0 Å². The molecule has 0 fully saturated rings. The van der Waals surface area contributed by atoms with Gasteiger partial charge in [-0.15, -0.1) is 0 Å². The van der Waals surface area contributed by atoms with Crippen LogP contribution in [0.2, 0.25) is 10.0 Å². The smallest absolute Gasteiger partial charge is 0.246 e. The molecule has 0 bridgehead atoms. The second-order valence-electron chi connectivity index (χ2n) is 3.61. The number of hydrogen-bond donors (Lipinski definition) is 1. The lowest BCUT2D eigenvalue weighted by Gasteiger charge is -2.10. The van der Waals surface area contributed by atoms with Crippen molar-refractivity contribution in [3.63, 3.8) is 0 Å². The summed E-state index contributed by atoms with van der Waals surface area (Å²) in [6, 6.07) is 3.12. The first kappa shape index (κ1) is 13.6. The highest BCUT2D eigenvalue weighted by molar-refractivity contribution is 6.37. The number of ether oxygens (including phenoxy) is 1. The Balaban J connectivity index is 2.09. The first-order chi connectivity index (χ1) is 9.10. The number of rotatable bonds is 4. The zero-order valence-corrected chi connectivity index (χ0v) is 11.4. The van der Waals surface area contributed by atoms with Crippen LogP contribution in [0.3, 0.4) is 0 Å². The van der Waals surface area contributed by atoms with Crippen molar-refractivity contribution < 1.29 is 9.53 Å². The molecule has 1 aromatic carbocycles. The van der Waals surface area contributed by atoms with Crippen LogP contribution in [0.5, 0.6) is 5.75 Å². The lowest BCUT2D eigenvalue weighted by atomic mass is 10.3. The molecule has 1 amide bonds. The lowest BCUT2D eigenvalue weighted by molar-refractivity contribution is -0.116. The van der Waals surface area contributed by atoms with E-state index in [1.165, 1.54) is 24.4 Å². The minimum atomic E-state index is -0.261. The topological polar surface area (TPSA) is 69.0 Å². The number of carbonyl (C=O) groups excluding carboxylic acids is 1. The van der Waals surface area contributed by atoms with Gasteiger partial charge in [-0.3, -0.25) is 4.79 Å². The van der Waals surface area contributed by atoms with E-state index in [2.05, 4.69) is 15.4 Å². The predicted molar refractivity (Wildman–Crippen MR) is 71.7 cm³/mol. The lowest BCUT2D eigenvalue weighted by Crippen LogP contribution is -2.19. The molecule has 1 heterocycles. The number of nitrogens with zero attached hydrogens (tertiary/aromatic N) is 3. The van der Waals surface area contributed by atoms with Crippen molar-refractivity contribution >= 4 is 34.8 Å². The Morgan fingerprint density at radius 3 is 2.63 bits per heavy atom. The molecule has 2 aromatic rings. The van der Waals surface area contributed by atoms with Crippen molar-refractivity contribution in [3.8, 4) is 5.75 Å². The second kappa shape index (κ2) is 5.90. The first-order valence-electron chi connectivity index (χ1n) is 5.25. The van der Waals surface area contributed by atoms with Crippen LogP contribution in [0, 0.1) is 0 Å². The fourth-order valence-electron chi connectivity index (χ4n) is 1.49. The Morgan fingerprint density at radius 2 is 2.11 bits per heavy atom. The average molecular weight is 301 g/mol. The van der Waals surface area contributed by atoms with Gasteiger partial charge in [-0.25, -0.2) is 9.67 Å². The molecule has 0 atom stereocenters. The SMILES string of the molecule is COc1c(Cl)cc(NC(=O)Cn2cncn2)cc1Cl. The number of hydrogen-bond acceptors (Lipinski definition) is 4. The Kier molecular flexibility index (Phi) is 4.24. The van der Waals surface area contributed by atoms with Crippen molar-refractivity contribution in [3.05, 3.63) is 34.8 Å². The Labute approximate surface area is 119 Å². The molecule has 0 radical (unpaired) electrons. The van der Waals surface area contributed by atoms with Crippen LogP contribution < -0.4 is 10.1 Å². The first-order valence-corrected chi connectivity index (χ1v) is 6.01. The summed E-state index contributed by atoms with van der Waals surface area (Å²) < 4.78 is 6.43. The average Bonchev–Trinajstić information content (AvgIpc) is 2.81. The molecular weight excluding hydrogens is 291 g/mol. The molecule has 100 valence electrons. The molecule has 8 heteroatoms. The van der Waals surface area contributed by atoms with E-state index in [0.29, 0.717) is 21.5 Å². The van der Waals surface area contributed by atoms with Crippen LogP contribution >= 0.6 is 23.2 Å². The van der Waals surface area contributed by atoms with E-state index in [9.17, 15) is 4.79 Å².